The third-order valence-corrected chi connectivity index (χ3v) is 3.96. The second-order valence-corrected chi connectivity index (χ2v) is 6.13. The van der Waals surface area contributed by atoms with E-state index in [0.29, 0.717) is 12.1 Å². The number of hydrogen-bond donors (Lipinski definition) is 1. The van der Waals surface area contributed by atoms with Crippen LogP contribution in [0.4, 0.5) is 4.39 Å². The lowest BCUT2D eigenvalue weighted by Crippen LogP contribution is -2.25. The first-order valence-electron chi connectivity index (χ1n) is 5.29. The predicted molar refractivity (Wildman–Crippen MR) is 72.3 cm³/mol. The molecule has 0 saturated heterocycles. The average Bonchev–Trinajstić information content (AvgIpc) is 2.76. The van der Waals surface area contributed by atoms with Crippen molar-refractivity contribution < 1.29 is 9.18 Å². The van der Waals surface area contributed by atoms with Gasteiger partial charge in [0.25, 0.3) is 5.91 Å². The number of aromatic nitrogens is 1. The van der Waals surface area contributed by atoms with Crippen LogP contribution in [0.15, 0.2) is 34.2 Å². The van der Waals surface area contributed by atoms with Gasteiger partial charge in [-0.3, -0.25) is 4.79 Å². The first-order chi connectivity index (χ1) is 8.65. The Labute approximate surface area is 116 Å². The maximum absolute atomic E-state index is 12.6. The SMILES string of the molecule is O=C(NCCc1ccc(Br)s1)c1ccc(F)nc1. The van der Waals surface area contributed by atoms with Crippen molar-refractivity contribution in [2.24, 2.45) is 0 Å². The Kier molecular flexibility index (Phi) is 4.43. The van der Waals surface area contributed by atoms with Crippen LogP contribution in [0.5, 0.6) is 0 Å². The Morgan fingerprint density at radius 3 is 2.83 bits per heavy atom. The topological polar surface area (TPSA) is 42.0 Å². The number of carbonyl (C=O) groups excluding carboxylic acids is 1. The molecule has 0 aliphatic carbocycles. The molecule has 18 heavy (non-hydrogen) atoms. The van der Waals surface area contributed by atoms with Gasteiger partial charge in [0.2, 0.25) is 5.95 Å². The second kappa shape index (κ2) is 6.06. The monoisotopic (exact) mass is 328 g/mol. The number of amides is 1. The third kappa shape index (κ3) is 3.61. The number of carbonyl (C=O) groups is 1. The van der Waals surface area contributed by atoms with Gasteiger partial charge in [-0.15, -0.1) is 11.3 Å². The fourth-order valence-corrected chi connectivity index (χ4v) is 2.88. The highest BCUT2D eigenvalue weighted by Crippen LogP contribution is 2.22. The maximum atomic E-state index is 12.6. The van der Waals surface area contributed by atoms with E-state index < -0.39 is 5.95 Å². The molecule has 2 aromatic heterocycles. The lowest BCUT2D eigenvalue weighted by molar-refractivity contribution is 0.0953. The Morgan fingerprint density at radius 1 is 1.39 bits per heavy atom. The molecule has 0 atom stereocenters. The van der Waals surface area contributed by atoms with E-state index in [4.69, 9.17) is 0 Å². The van der Waals surface area contributed by atoms with E-state index in [1.54, 1.807) is 11.3 Å². The molecular formula is C12H10BrFN2OS. The lowest BCUT2D eigenvalue weighted by Gasteiger charge is -2.03. The molecule has 1 N–H and O–H groups in total. The van der Waals surface area contributed by atoms with E-state index in [1.165, 1.54) is 23.2 Å². The van der Waals surface area contributed by atoms with Crippen molar-refractivity contribution in [1.82, 2.24) is 10.3 Å². The van der Waals surface area contributed by atoms with Crippen LogP contribution >= 0.6 is 27.3 Å². The zero-order valence-electron chi connectivity index (χ0n) is 9.32. The zero-order chi connectivity index (χ0) is 13.0. The van der Waals surface area contributed by atoms with Crippen molar-refractivity contribution in [1.29, 1.82) is 0 Å². The number of rotatable bonds is 4. The molecule has 3 nitrogen and oxygen atoms in total. The van der Waals surface area contributed by atoms with Crippen molar-refractivity contribution >= 4 is 33.2 Å². The third-order valence-electron chi connectivity index (χ3n) is 2.28. The summed E-state index contributed by atoms with van der Waals surface area (Å²) in [7, 11) is 0. The highest BCUT2D eigenvalue weighted by molar-refractivity contribution is 9.11. The quantitative estimate of drug-likeness (QED) is 0.876. The first kappa shape index (κ1) is 13.2. The standard InChI is InChI=1S/C12H10BrFN2OS/c13-10-3-2-9(18-10)5-6-15-12(17)8-1-4-11(14)16-7-8/h1-4,7H,5-6H2,(H,15,17). The van der Waals surface area contributed by atoms with Gasteiger partial charge in [0.15, 0.2) is 0 Å². The number of thiophene rings is 1. The predicted octanol–water partition coefficient (Wildman–Crippen LogP) is 3.02. The van der Waals surface area contributed by atoms with Crippen molar-refractivity contribution in [2.45, 2.75) is 6.42 Å². The van der Waals surface area contributed by atoms with Gasteiger partial charge in [-0.25, -0.2) is 4.98 Å². The van der Waals surface area contributed by atoms with E-state index in [-0.39, 0.29) is 5.91 Å². The molecule has 0 saturated carbocycles. The van der Waals surface area contributed by atoms with Crippen LogP contribution in [0.25, 0.3) is 0 Å². The van der Waals surface area contributed by atoms with Crippen LogP contribution in [0.1, 0.15) is 15.2 Å². The minimum Gasteiger partial charge on any atom is -0.352 e. The van der Waals surface area contributed by atoms with Gasteiger partial charge in [-0.05, 0) is 46.6 Å². The van der Waals surface area contributed by atoms with Gasteiger partial charge >= 0.3 is 0 Å². The molecular weight excluding hydrogens is 319 g/mol. The summed E-state index contributed by atoms with van der Waals surface area (Å²) in [6, 6.07) is 6.58. The van der Waals surface area contributed by atoms with E-state index in [0.717, 1.165) is 10.2 Å². The number of nitrogens with zero attached hydrogens (tertiary/aromatic N) is 1. The summed E-state index contributed by atoms with van der Waals surface area (Å²) < 4.78 is 13.7. The molecule has 0 aliphatic heterocycles. The molecule has 2 heterocycles. The highest BCUT2D eigenvalue weighted by Gasteiger charge is 2.06. The second-order valence-electron chi connectivity index (χ2n) is 3.58. The summed E-state index contributed by atoms with van der Waals surface area (Å²) in [4.78, 5) is 16.3. The lowest BCUT2D eigenvalue weighted by atomic mass is 10.2. The van der Waals surface area contributed by atoms with Crippen molar-refractivity contribution in [3.63, 3.8) is 0 Å². The van der Waals surface area contributed by atoms with Crippen LogP contribution in [0, 0.1) is 5.95 Å². The fraction of sp³-hybridized carbons (Fsp3) is 0.167. The summed E-state index contributed by atoms with van der Waals surface area (Å²) in [5.41, 5.74) is 0.365. The van der Waals surface area contributed by atoms with Gasteiger partial charge < -0.3 is 5.32 Å². The fourth-order valence-electron chi connectivity index (χ4n) is 1.40. The van der Waals surface area contributed by atoms with Crippen LogP contribution in [0.2, 0.25) is 0 Å². The molecule has 6 heteroatoms. The zero-order valence-corrected chi connectivity index (χ0v) is 11.7. The molecule has 0 unspecified atom stereocenters. The molecule has 0 bridgehead atoms. The van der Waals surface area contributed by atoms with E-state index in [2.05, 4.69) is 26.2 Å². The van der Waals surface area contributed by atoms with Gasteiger partial charge in [0, 0.05) is 17.6 Å². The summed E-state index contributed by atoms with van der Waals surface area (Å²) in [6.07, 6.45) is 2.00. The average molecular weight is 329 g/mol. The summed E-state index contributed by atoms with van der Waals surface area (Å²) in [5, 5.41) is 2.77. The number of pyridine rings is 1. The van der Waals surface area contributed by atoms with E-state index >= 15 is 0 Å². The Hall–Kier alpha value is -1.27. The first-order valence-corrected chi connectivity index (χ1v) is 6.90. The van der Waals surface area contributed by atoms with Gasteiger partial charge in [-0.2, -0.15) is 4.39 Å². The highest BCUT2D eigenvalue weighted by atomic mass is 79.9. The summed E-state index contributed by atoms with van der Waals surface area (Å²) in [6.45, 7) is 0.545. The summed E-state index contributed by atoms with van der Waals surface area (Å²) in [5.74, 6) is -0.826. The maximum Gasteiger partial charge on any atom is 0.252 e. The Morgan fingerprint density at radius 2 is 2.22 bits per heavy atom. The minimum absolute atomic E-state index is 0.238. The van der Waals surface area contributed by atoms with E-state index in [1.807, 2.05) is 12.1 Å². The van der Waals surface area contributed by atoms with Gasteiger partial charge in [-0.1, -0.05) is 0 Å². The molecule has 94 valence electrons. The number of halogens is 2. The molecule has 0 spiro atoms. The van der Waals surface area contributed by atoms with Gasteiger partial charge in [0.05, 0.1) is 9.35 Å². The largest absolute Gasteiger partial charge is 0.352 e. The molecule has 0 aliphatic rings. The molecule has 0 aromatic carbocycles. The Balaban J connectivity index is 1.83. The Bertz CT molecular complexity index is 541. The van der Waals surface area contributed by atoms with Crippen LogP contribution in [-0.4, -0.2) is 17.4 Å². The smallest absolute Gasteiger partial charge is 0.252 e. The van der Waals surface area contributed by atoms with Crippen molar-refractivity contribution in [3.8, 4) is 0 Å². The summed E-state index contributed by atoms with van der Waals surface area (Å²) >= 11 is 5.02. The molecule has 1 amide bonds. The van der Waals surface area contributed by atoms with E-state index in [9.17, 15) is 9.18 Å². The number of hydrogen-bond acceptors (Lipinski definition) is 3. The van der Waals surface area contributed by atoms with Crippen LogP contribution < -0.4 is 5.32 Å². The molecule has 0 fully saturated rings. The van der Waals surface area contributed by atoms with Gasteiger partial charge in [0.1, 0.15) is 0 Å². The molecule has 2 rings (SSSR count). The molecule has 2 aromatic rings. The van der Waals surface area contributed by atoms with Crippen molar-refractivity contribution in [2.75, 3.05) is 6.54 Å². The number of nitrogens with one attached hydrogen (secondary N) is 1. The van der Waals surface area contributed by atoms with Crippen LogP contribution in [-0.2, 0) is 6.42 Å². The normalized spacial score (nSPS) is 10.3. The van der Waals surface area contributed by atoms with Crippen molar-refractivity contribution in [3.05, 3.63) is 50.6 Å². The molecule has 0 radical (unpaired) electrons. The van der Waals surface area contributed by atoms with Crippen LogP contribution in [0.3, 0.4) is 0 Å². The minimum atomic E-state index is -0.588.